The van der Waals surface area contributed by atoms with Crippen LogP contribution in [0.1, 0.15) is 19.8 Å². The van der Waals surface area contributed by atoms with E-state index in [2.05, 4.69) is 10.6 Å². The van der Waals surface area contributed by atoms with Crippen LogP contribution >= 0.6 is 24.0 Å². The Bertz CT molecular complexity index is 683. The highest BCUT2D eigenvalue weighted by atomic mass is 35.5. The van der Waals surface area contributed by atoms with Crippen LogP contribution in [0.5, 0.6) is 0 Å². The Labute approximate surface area is 163 Å². The molecule has 2 fully saturated rings. The van der Waals surface area contributed by atoms with Gasteiger partial charge in [-0.25, -0.2) is 9.69 Å². The van der Waals surface area contributed by atoms with E-state index in [0.717, 1.165) is 11.4 Å². The summed E-state index contributed by atoms with van der Waals surface area (Å²) in [5, 5.41) is 6.47. The lowest BCUT2D eigenvalue weighted by Gasteiger charge is -2.32. The Kier molecular flexibility index (Phi) is 6.86. The maximum Gasteiger partial charge on any atom is 0.329 e. The van der Waals surface area contributed by atoms with E-state index in [1.807, 2.05) is 6.92 Å². The van der Waals surface area contributed by atoms with E-state index >= 15 is 0 Å². The summed E-state index contributed by atoms with van der Waals surface area (Å²) in [6.07, 6.45) is 0.531. The lowest BCUT2D eigenvalue weighted by molar-refractivity contribution is -0.132. The summed E-state index contributed by atoms with van der Waals surface area (Å²) in [6, 6.07) is 5.61. The second kappa shape index (κ2) is 8.70. The van der Waals surface area contributed by atoms with Crippen LogP contribution in [0.3, 0.4) is 0 Å². The molecule has 26 heavy (non-hydrogen) atoms. The minimum absolute atomic E-state index is 0. The average molecular weight is 401 g/mol. The third-order valence-corrected chi connectivity index (χ3v) is 4.72. The molecule has 3 rings (SSSR count). The van der Waals surface area contributed by atoms with E-state index in [-0.39, 0.29) is 36.7 Å². The van der Waals surface area contributed by atoms with E-state index in [0.29, 0.717) is 30.2 Å². The van der Waals surface area contributed by atoms with Gasteiger partial charge in [0.1, 0.15) is 6.04 Å². The van der Waals surface area contributed by atoms with Crippen molar-refractivity contribution >= 4 is 47.5 Å². The molecule has 0 radical (unpaired) electrons. The van der Waals surface area contributed by atoms with Gasteiger partial charge in [0.2, 0.25) is 5.91 Å². The number of imide groups is 1. The third kappa shape index (κ3) is 4.47. The lowest BCUT2D eigenvalue weighted by Crippen LogP contribution is -2.51. The predicted octanol–water partition coefficient (Wildman–Crippen LogP) is 1.79. The Balaban J connectivity index is 0.00000243. The summed E-state index contributed by atoms with van der Waals surface area (Å²) < 4.78 is 0. The van der Waals surface area contributed by atoms with Crippen molar-refractivity contribution in [3.63, 3.8) is 0 Å². The van der Waals surface area contributed by atoms with E-state index in [4.69, 9.17) is 11.6 Å². The molecule has 2 heterocycles. The smallest absolute Gasteiger partial charge is 0.329 e. The average Bonchev–Trinajstić information content (AvgIpc) is 2.87. The molecule has 0 saturated carbocycles. The quantitative estimate of drug-likeness (QED) is 0.754. The van der Waals surface area contributed by atoms with Crippen molar-refractivity contribution in [1.82, 2.24) is 15.5 Å². The van der Waals surface area contributed by atoms with E-state index in [1.54, 1.807) is 29.2 Å². The number of piperazine rings is 1. The fourth-order valence-electron chi connectivity index (χ4n) is 3.15. The van der Waals surface area contributed by atoms with Gasteiger partial charge in [-0.05, 0) is 37.6 Å². The number of nitrogens with one attached hydrogen (secondary N) is 2. The molecule has 2 atom stereocenters. The van der Waals surface area contributed by atoms with Crippen LogP contribution in [0, 0.1) is 0 Å². The number of carbonyl (C=O) groups excluding carboxylic acids is 3. The van der Waals surface area contributed by atoms with Gasteiger partial charge in [-0.1, -0.05) is 11.6 Å². The number of benzene rings is 1. The van der Waals surface area contributed by atoms with Crippen molar-refractivity contribution < 1.29 is 14.4 Å². The molecule has 2 aliphatic heterocycles. The van der Waals surface area contributed by atoms with Gasteiger partial charge < -0.3 is 15.5 Å². The van der Waals surface area contributed by atoms with Crippen molar-refractivity contribution in [1.29, 1.82) is 0 Å². The molecule has 7 nitrogen and oxygen atoms in total. The van der Waals surface area contributed by atoms with Crippen molar-refractivity contribution in [2.45, 2.75) is 31.8 Å². The number of nitrogens with zero attached hydrogens (tertiary/aromatic N) is 2. The van der Waals surface area contributed by atoms with Gasteiger partial charge >= 0.3 is 6.03 Å². The first-order valence-electron chi connectivity index (χ1n) is 8.37. The summed E-state index contributed by atoms with van der Waals surface area (Å²) in [7, 11) is 0. The first-order valence-corrected chi connectivity index (χ1v) is 8.74. The summed E-state index contributed by atoms with van der Waals surface area (Å²) in [5.41, 5.74) is 0.469. The highest BCUT2D eigenvalue weighted by molar-refractivity contribution is 6.30. The Morgan fingerprint density at radius 2 is 1.96 bits per heavy atom. The fourth-order valence-corrected chi connectivity index (χ4v) is 3.27. The van der Waals surface area contributed by atoms with Crippen LogP contribution in [-0.2, 0) is 9.59 Å². The first-order chi connectivity index (χ1) is 12.0. The molecule has 0 bridgehead atoms. The van der Waals surface area contributed by atoms with Gasteiger partial charge in [0.25, 0.3) is 5.91 Å². The first kappa shape index (κ1) is 20.5. The molecule has 1 aromatic carbocycles. The van der Waals surface area contributed by atoms with Crippen LogP contribution < -0.4 is 15.5 Å². The Hall–Kier alpha value is -1.83. The van der Waals surface area contributed by atoms with E-state index in [9.17, 15) is 14.4 Å². The SMILES string of the molecule is CC1CN(C(=O)CCC2NC(=O)N(c3ccc(Cl)cc3)C2=O)CCN1.Cl. The van der Waals surface area contributed by atoms with Crippen LogP contribution in [0.4, 0.5) is 10.5 Å². The second-order valence-electron chi connectivity index (χ2n) is 6.39. The van der Waals surface area contributed by atoms with E-state index in [1.165, 1.54) is 0 Å². The number of urea groups is 1. The maximum atomic E-state index is 12.5. The maximum absolute atomic E-state index is 12.5. The number of hydrogen-bond acceptors (Lipinski definition) is 4. The Morgan fingerprint density at radius 1 is 1.27 bits per heavy atom. The van der Waals surface area contributed by atoms with Gasteiger partial charge in [0, 0.05) is 37.1 Å². The fraction of sp³-hybridized carbons (Fsp3) is 0.471. The molecule has 0 aromatic heterocycles. The highest BCUT2D eigenvalue weighted by Crippen LogP contribution is 2.23. The van der Waals surface area contributed by atoms with Gasteiger partial charge in [-0.15, -0.1) is 12.4 Å². The molecule has 4 amide bonds. The summed E-state index contributed by atoms with van der Waals surface area (Å²) >= 11 is 5.84. The molecule has 0 aliphatic carbocycles. The number of carbonyl (C=O) groups is 3. The van der Waals surface area contributed by atoms with Gasteiger partial charge in [0.05, 0.1) is 5.69 Å². The largest absolute Gasteiger partial charge is 0.340 e. The minimum atomic E-state index is -0.674. The van der Waals surface area contributed by atoms with Crippen molar-refractivity contribution in [3.05, 3.63) is 29.3 Å². The zero-order chi connectivity index (χ0) is 18.0. The third-order valence-electron chi connectivity index (χ3n) is 4.47. The highest BCUT2D eigenvalue weighted by Gasteiger charge is 2.39. The van der Waals surface area contributed by atoms with Crippen LogP contribution in [0.25, 0.3) is 0 Å². The van der Waals surface area contributed by atoms with Crippen LogP contribution in [0.15, 0.2) is 24.3 Å². The number of halogens is 2. The molecular weight excluding hydrogens is 379 g/mol. The molecule has 2 aliphatic rings. The summed E-state index contributed by atoms with van der Waals surface area (Å²) in [5.74, 6) is -0.325. The lowest BCUT2D eigenvalue weighted by atomic mass is 10.1. The minimum Gasteiger partial charge on any atom is -0.340 e. The van der Waals surface area contributed by atoms with Gasteiger partial charge in [0.15, 0.2) is 0 Å². The standard InChI is InChI=1S/C17H21ClN4O3.ClH/c1-11-10-21(9-8-19-11)15(23)7-6-14-16(24)22(17(25)20-14)13-4-2-12(18)3-5-13;/h2-5,11,14,19H,6-10H2,1H3,(H,20,25);1H. The molecule has 142 valence electrons. The van der Waals surface area contributed by atoms with Crippen LogP contribution in [0.2, 0.25) is 5.02 Å². The van der Waals surface area contributed by atoms with Crippen molar-refractivity contribution in [3.8, 4) is 0 Å². The van der Waals surface area contributed by atoms with Crippen molar-refractivity contribution in [2.24, 2.45) is 0 Å². The number of amides is 4. The molecular formula is C17H22Cl2N4O3. The van der Waals surface area contributed by atoms with E-state index < -0.39 is 12.1 Å². The molecule has 1 aromatic rings. The monoisotopic (exact) mass is 400 g/mol. The molecule has 0 spiro atoms. The Morgan fingerprint density at radius 3 is 2.62 bits per heavy atom. The van der Waals surface area contributed by atoms with Crippen LogP contribution in [-0.4, -0.2) is 54.5 Å². The molecule has 9 heteroatoms. The van der Waals surface area contributed by atoms with Crippen molar-refractivity contribution in [2.75, 3.05) is 24.5 Å². The topological polar surface area (TPSA) is 81.8 Å². The number of rotatable bonds is 4. The predicted molar refractivity (Wildman–Crippen MR) is 102 cm³/mol. The molecule has 2 N–H and O–H groups in total. The second-order valence-corrected chi connectivity index (χ2v) is 6.82. The van der Waals surface area contributed by atoms with Gasteiger partial charge in [-0.2, -0.15) is 0 Å². The molecule has 2 saturated heterocycles. The zero-order valence-corrected chi connectivity index (χ0v) is 16.0. The molecule has 2 unspecified atom stereocenters. The number of anilines is 1. The van der Waals surface area contributed by atoms with Gasteiger partial charge in [-0.3, -0.25) is 9.59 Å². The summed E-state index contributed by atoms with van der Waals surface area (Å²) in [4.78, 5) is 39.9. The summed E-state index contributed by atoms with van der Waals surface area (Å²) in [6.45, 7) is 4.15. The zero-order valence-electron chi connectivity index (χ0n) is 14.4. The number of hydrogen-bond donors (Lipinski definition) is 2. The normalized spacial score (nSPS) is 22.8.